The Morgan fingerprint density at radius 2 is 2.22 bits per heavy atom. The number of halogens is 1. The van der Waals surface area contributed by atoms with Crippen LogP contribution in [0.2, 0.25) is 0 Å². The number of hydrogen-bond donors (Lipinski definition) is 1. The SMILES string of the molecule is C[C@H](NCc1ccc(C#N)o1)c1cccc(F)c1. The number of benzene rings is 1. The standard InChI is InChI=1S/C14H13FN2O/c1-10(11-3-2-4-12(15)7-11)17-9-14-6-5-13(8-16)18-14/h2-7,10,17H,9H2,1H3/t10-/m0/s1. The highest BCUT2D eigenvalue weighted by Gasteiger charge is 2.07. The summed E-state index contributed by atoms with van der Waals surface area (Å²) in [7, 11) is 0. The van der Waals surface area contributed by atoms with Gasteiger partial charge in [-0.1, -0.05) is 12.1 Å². The molecule has 0 bridgehead atoms. The molecule has 0 unspecified atom stereocenters. The van der Waals surface area contributed by atoms with Crippen molar-refractivity contribution in [3.05, 3.63) is 59.3 Å². The molecule has 2 aromatic rings. The molecule has 1 N–H and O–H groups in total. The summed E-state index contributed by atoms with van der Waals surface area (Å²) < 4.78 is 18.3. The lowest BCUT2D eigenvalue weighted by molar-refractivity contribution is 0.453. The molecule has 0 saturated carbocycles. The van der Waals surface area contributed by atoms with E-state index in [1.807, 2.05) is 19.1 Å². The van der Waals surface area contributed by atoms with Crippen molar-refractivity contribution < 1.29 is 8.81 Å². The number of hydrogen-bond acceptors (Lipinski definition) is 3. The molecule has 0 aliphatic heterocycles. The van der Waals surface area contributed by atoms with E-state index in [2.05, 4.69) is 5.32 Å². The lowest BCUT2D eigenvalue weighted by Crippen LogP contribution is -2.17. The summed E-state index contributed by atoms with van der Waals surface area (Å²) in [5.74, 6) is 0.742. The molecule has 1 atom stereocenters. The summed E-state index contributed by atoms with van der Waals surface area (Å²) in [6.45, 7) is 2.45. The van der Waals surface area contributed by atoms with Gasteiger partial charge in [0, 0.05) is 6.04 Å². The zero-order valence-electron chi connectivity index (χ0n) is 9.98. The van der Waals surface area contributed by atoms with Crippen LogP contribution in [0.3, 0.4) is 0 Å². The van der Waals surface area contributed by atoms with Crippen molar-refractivity contribution in [2.75, 3.05) is 0 Å². The molecule has 18 heavy (non-hydrogen) atoms. The molecule has 2 rings (SSSR count). The van der Waals surface area contributed by atoms with E-state index in [4.69, 9.17) is 9.68 Å². The van der Waals surface area contributed by atoms with Gasteiger partial charge in [0.1, 0.15) is 17.6 Å². The number of nitrogens with one attached hydrogen (secondary N) is 1. The first-order valence-corrected chi connectivity index (χ1v) is 5.66. The Hall–Kier alpha value is -2.12. The van der Waals surface area contributed by atoms with Gasteiger partial charge in [0.2, 0.25) is 5.76 Å². The Kier molecular flexibility index (Phi) is 3.75. The van der Waals surface area contributed by atoms with Crippen LogP contribution in [0, 0.1) is 17.1 Å². The maximum Gasteiger partial charge on any atom is 0.203 e. The Balaban J connectivity index is 1.96. The van der Waals surface area contributed by atoms with Gasteiger partial charge in [-0.2, -0.15) is 5.26 Å². The van der Waals surface area contributed by atoms with Crippen molar-refractivity contribution in [3.8, 4) is 6.07 Å². The molecule has 0 saturated heterocycles. The average molecular weight is 244 g/mol. The molecule has 0 fully saturated rings. The number of rotatable bonds is 4. The van der Waals surface area contributed by atoms with Crippen LogP contribution in [0.4, 0.5) is 4.39 Å². The molecule has 4 heteroatoms. The first-order valence-electron chi connectivity index (χ1n) is 5.66. The van der Waals surface area contributed by atoms with E-state index in [-0.39, 0.29) is 11.9 Å². The largest absolute Gasteiger partial charge is 0.449 e. The van der Waals surface area contributed by atoms with E-state index in [9.17, 15) is 4.39 Å². The molecule has 0 aliphatic carbocycles. The summed E-state index contributed by atoms with van der Waals surface area (Å²) in [4.78, 5) is 0. The molecular weight excluding hydrogens is 231 g/mol. The second kappa shape index (κ2) is 5.48. The number of nitriles is 1. The minimum atomic E-state index is -0.245. The fourth-order valence-corrected chi connectivity index (χ4v) is 1.68. The van der Waals surface area contributed by atoms with Crippen molar-refractivity contribution in [1.29, 1.82) is 5.26 Å². The summed E-state index contributed by atoms with van der Waals surface area (Å²) in [5.41, 5.74) is 0.877. The van der Waals surface area contributed by atoms with Crippen LogP contribution >= 0.6 is 0 Å². The summed E-state index contributed by atoms with van der Waals surface area (Å²) in [6.07, 6.45) is 0. The highest BCUT2D eigenvalue weighted by molar-refractivity contribution is 5.21. The van der Waals surface area contributed by atoms with Crippen LogP contribution in [-0.2, 0) is 6.54 Å². The third kappa shape index (κ3) is 2.96. The lowest BCUT2D eigenvalue weighted by Gasteiger charge is -2.13. The quantitative estimate of drug-likeness (QED) is 0.898. The van der Waals surface area contributed by atoms with E-state index < -0.39 is 0 Å². The van der Waals surface area contributed by atoms with Crippen molar-refractivity contribution in [3.63, 3.8) is 0 Å². The maximum absolute atomic E-state index is 13.1. The first kappa shape index (κ1) is 12.3. The fourth-order valence-electron chi connectivity index (χ4n) is 1.68. The molecule has 92 valence electrons. The van der Waals surface area contributed by atoms with Gasteiger partial charge in [-0.25, -0.2) is 4.39 Å². The Morgan fingerprint density at radius 3 is 2.89 bits per heavy atom. The van der Waals surface area contributed by atoms with Crippen LogP contribution in [0.25, 0.3) is 0 Å². The maximum atomic E-state index is 13.1. The van der Waals surface area contributed by atoms with E-state index in [0.29, 0.717) is 18.1 Å². The highest BCUT2D eigenvalue weighted by Crippen LogP contribution is 2.15. The Labute approximate surface area is 105 Å². The molecule has 0 amide bonds. The van der Waals surface area contributed by atoms with Crippen LogP contribution in [0.5, 0.6) is 0 Å². The van der Waals surface area contributed by atoms with Gasteiger partial charge in [-0.3, -0.25) is 0 Å². The minimum absolute atomic E-state index is 0.0105. The Morgan fingerprint density at radius 1 is 1.39 bits per heavy atom. The van der Waals surface area contributed by atoms with Crippen LogP contribution < -0.4 is 5.32 Å². The first-order chi connectivity index (χ1) is 8.69. The summed E-state index contributed by atoms with van der Waals surface area (Å²) >= 11 is 0. The predicted molar refractivity (Wildman–Crippen MR) is 65.1 cm³/mol. The molecule has 1 aromatic carbocycles. The normalized spacial score (nSPS) is 12.1. The number of nitrogens with zero attached hydrogens (tertiary/aromatic N) is 1. The molecular formula is C14H13FN2O. The smallest absolute Gasteiger partial charge is 0.203 e. The second-order valence-corrected chi connectivity index (χ2v) is 4.04. The van der Waals surface area contributed by atoms with Crippen molar-refractivity contribution in [2.45, 2.75) is 19.5 Å². The van der Waals surface area contributed by atoms with E-state index in [1.165, 1.54) is 12.1 Å². The zero-order valence-corrected chi connectivity index (χ0v) is 9.98. The molecule has 0 aliphatic rings. The topological polar surface area (TPSA) is 49.0 Å². The van der Waals surface area contributed by atoms with Gasteiger partial charge in [0.25, 0.3) is 0 Å². The zero-order chi connectivity index (χ0) is 13.0. The van der Waals surface area contributed by atoms with Gasteiger partial charge < -0.3 is 9.73 Å². The molecule has 1 aromatic heterocycles. The van der Waals surface area contributed by atoms with Gasteiger partial charge in [0.15, 0.2) is 0 Å². The van der Waals surface area contributed by atoms with E-state index in [1.54, 1.807) is 18.2 Å². The molecule has 0 spiro atoms. The van der Waals surface area contributed by atoms with Gasteiger partial charge >= 0.3 is 0 Å². The van der Waals surface area contributed by atoms with E-state index in [0.717, 1.165) is 5.56 Å². The second-order valence-electron chi connectivity index (χ2n) is 4.04. The minimum Gasteiger partial charge on any atom is -0.449 e. The average Bonchev–Trinajstić information content (AvgIpc) is 2.84. The van der Waals surface area contributed by atoms with Crippen molar-refractivity contribution >= 4 is 0 Å². The fraction of sp³-hybridized carbons (Fsp3) is 0.214. The third-order valence-electron chi connectivity index (χ3n) is 2.70. The van der Waals surface area contributed by atoms with Crippen molar-refractivity contribution in [1.82, 2.24) is 5.32 Å². The van der Waals surface area contributed by atoms with E-state index >= 15 is 0 Å². The molecule has 0 radical (unpaired) electrons. The monoisotopic (exact) mass is 244 g/mol. The highest BCUT2D eigenvalue weighted by atomic mass is 19.1. The van der Waals surface area contributed by atoms with Crippen LogP contribution in [0.15, 0.2) is 40.8 Å². The van der Waals surface area contributed by atoms with Crippen LogP contribution in [0.1, 0.15) is 30.0 Å². The van der Waals surface area contributed by atoms with Gasteiger partial charge in [-0.15, -0.1) is 0 Å². The van der Waals surface area contributed by atoms with Gasteiger partial charge in [0.05, 0.1) is 6.54 Å². The molecule has 3 nitrogen and oxygen atoms in total. The van der Waals surface area contributed by atoms with Crippen molar-refractivity contribution in [2.24, 2.45) is 0 Å². The van der Waals surface area contributed by atoms with Crippen LogP contribution in [-0.4, -0.2) is 0 Å². The summed E-state index contributed by atoms with van der Waals surface area (Å²) in [6, 6.07) is 11.8. The third-order valence-corrected chi connectivity index (χ3v) is 2.70. The summed E-state index contributed by atoms with van der Waals surface area (Å²) in [5, 5.41) is 11.8. The number of furan rings is 1. The lowest BCUT2D eigenvalue weighted by atomic mass is 10.1. The Bertz CT molecular complexity index is 571. The van der Waals surface area contributed by atoms with Gasteiger partial charge in [-0.05, 0) is 36.8 Å². The predicted octanol–water partition coefficient (Wildman–Crippen LogP) is 3.14. The molecule has 1 heterocycles.